The van der Waals surface area contributed by atoms with E-state index in [0.29, 0.717) is 41.4 Å². The Labute approximate surface area is 177 Å². The third kappa shape index (κ3) is 5.56. The Kier molecular flexibility index (Phi) is 6.11. The summed E-state index contributed by atoms with van der Waals surface area (Å²) in [5.74, 6) is -0.219. The van der Waals surface area contributed by atoms with Crippen LogP contribution < -0.4 is 15.4 Å². The van der Waals surface area contributed by atoms with Crippen molar-refractivity contribution in [1.29, 1.82) is 0 Å². The van der Waals surface area contributed by atoms with Gasteiger partial charge >= 0.3 is 0 Å². The Hall–Kier alpha value is -3.49. The summed E-state index contributed by atoms with van der Waals surface area (Å²) in [5, 5.41) is 5.68. The number of aromatic nitrogens is 2. The minimum Gasteiger partial charge on any atom is -0.484 e. The molecule has 1 aliphatic rings. The average molecular weight is 428 g/mol. The third-order valence-electron chi connectivity index (χ3n) is 4.90. The summed E-state index contributed by atoms with van der Waals surface area (Å²) in [7, 11) is 0. The molecule has 0 radical (unpaired) electrons. The monoisotopic (exact) mass is 428 g/mol. The van der Waals surface area contributed by atoms with Gasteiger partial charge in [0.25, 0.3) is 18.2 Å². The molecule has 31 heavy (non-hydrogen) atoms. The molecule has 7 nitrogen and oxygen atoms in total. The van der Waals surface area contributed by atoms with E-state index >= 15 is 0 Å². The maximum atomic E-state index is 12.7. The lowest BCUT2D eigenvalue weighted by molar-refractivity contribution is -0.123. The number of nitrogens with one attached hydrogen (secondary N) is 3. The van der Waals surface area contributed by atoms with Crippen LogP contribution in [0.3, 0.4) is 0 Å². The summed E-state index contributed by atoms with van der Waals surface area (Å²) in [5.41, 5.74) is 2.15. The summed E-state index contributed by atoms with van der Waals surface area (Å²) in [6, 6.07) is 12.2. The van der Waals surface area contributed by atoms with Crippen LogP contribution in [-0.2, 0) is 11.2 Å². The lowest BCUT2D eigenvalue weighted by Gasteiger charge is -2.08. The summed E-state index contributed by atoms with van der Waals surface area (Å²) in [6.45, 7) is 0.400. The van der Waals surface area contributed by atoms with Crippen molar-refractivity contribution < 1.29 is 23.1 Å². The largest absolute Gasteiger partial charge is 0.484 e. The molecule has 162 valence electrons. The number of hydrogen-bond donors (Lipinski definition) is 3. The van der Waals surface area contributed by atoms with Crippen molar-refractivity contribution >= 4 is 22.8 Å². The van der Waals surface area contributed by atoms with Gasteiger partial charge in [0.05, 0.1) is 11.0 Å². The van der Waals surface area contributed by atoms with E-state index in [2.05, 4.69) is 20.6 Å². The zero-order chi connectivity index (χ0) is 21.8. The zero-order valence-electron chi connectivity index (χ0n) is 16.7. The molecule has 0 spiro atoms. The molecule has 1 heterocycles. The number of carbonyl (C=O) groups excluding carboxylic acids is 2. The number of carbonyl (C=O) groups is 2. The van der Waals surface area contributed by atoms with Gasteiger partial charge in [0.2, 0.25) is 0 Å². The Balaban J connectivity index is 1.24. The Morgan fingerprint density at radius 3 is 2.65 bits per heavy atom. The highest BCUT2D eigenvalue weighted by atomic mass is 19.3. The number of alkyl halides is 2. The number of hydrogen-bond acceptors (Lipinski definition) is 4. The van der Waals surface area contributed by atoms with Gasteiger partial charge in [0.15, 0.2) is 12.4 Å². The van der Waals surface area contributed by atoms with E-state index in [0.717, 1.165) is 18.4 Å². The number of rotatable bonds is 9. The fraction of sp³-hybridized carbons (Fsp3) is 0.318. The van der Waals surface area contributed by atoms with Crippen molar-refractivity contribution in [2.75, 3.05) is 13.2 Å². The predicted molar refractivity (Wildman–Crippen MR) is 110 cm³/mol. The van der Waals surface area contributed by atoms with Crippen molar-refractivity contribution in [3.05, 3.63) is 59.4 Å². The van der Waals surface area contributed by atoms with E-state index in [1.54, 1.807) is 18.2 Å². The minimum absolute atomic E-state index is 0.00855. The van der Waals surface area contributed by atoms with E-state index in [9.17, 15) is 18.4 Å². The van der Waals surface area contributed by atoms with E-state index < -0.39 is 12.2 Å². The van der Waals surface area contributed by atoms with Gasteiger partial charge in [-0.3, -0.25) is 9.59 Å². The number of amides is 2. The maximum Gasteiger partial charge on any atom is 0.295 e. The Bertz CT molecular complexity index is 1080. The highest BCUT2D eigenvalue weighted by Gasteiger charge is 2.23. The highest BCUT2D eigenvalue weighted by molar-refractivity contribution is 5.97. The number of benzene rings is 2. The van der Waals surface area contributed by atoms with Gasteiger partial charge in [0.1, 0.15) is 5.75 Å². The Morgan fingerprint density at radius 1 is 1.16 bits per heavy atom. The molecule has 0 bridgehead atoms. The quantitative estimate of drug-likeness (QED) is 0.488. The average Bonchev–Trinajstić information content (AvgIpc) is 3.46. The van der Waals surface area contributed by atoms with E-state index in [1.807, 2.05) is 12.1 Å². The lowest BCUT2D eigenvalue weighted by atomic mass is 10.1. The van der Waals surface area contributed by atoms with Crippen molar-refractivity contribution in [2.24, 2.45) is 0 Å². The van der Waals surface area contributed by atoms with Gasteiger partial charge < -0.3 is 20.4 Å². The predicted octanol–water partition coefficient (Wildman–Crippen LogP) is 3.13. The molecule has 2 aromatic carbocycles. The SMILES string of the molecule is O=C(COc1ccc(CCNC(=O)c2ccc3nc(C(F)F)[nH]c3c2)cc1)NC1CC1. The van der Waals surface area contributed by atoms with Crippen LogP contribution in [0.2, 0.25) is 0 Å². The molecule has 3 N–H and O–H groups in total. The molecule has 3 aromatic rings. The van der Waals surface area contributed by atoms with Crippen molar-refractivity contribution in [3.8, 4) is 5.75 Å². The van der Waals surface area contributed by atoms with Crippen LogP contribution in [0.5, 0.6) is 5.75 Å². The first-order valence-corrected chi connectivity index (χ1v) is 10.0. The first-order chi connectivity index (χ1) is 15.0. The minimum atomic E-state index is -2.69. The second-order valence-corrected chi connectivity index (χ2v) is 7.43. The van der Waals surface area contributed by atoms with E-state index in [1.165, 1.54) is 12.1 Å². The summed E-state index contributed by atoms with van der Waals surface area (Å²) < 4.78 is 31.0. The number of imidazole rings is 1. The number of aromatic amines is 1. The maximum absolute atomic E-state index is 12.7. The molecule has 4 rings (SSSR count). The zero-order valence-corrected chi connectivity index (χ0v) is 16.7. The van der Waals surface area contributed by atoms with Gasteiger partial charge in [-0.05, 0) is 55.2 Å². The second-order valence-electron chi connectivity index (χ2n) is 7.43. The smallest absolute Gasteiger partial charge is 0.295 e. The molecular formula is C22H22F2N4O3. The first-order valence-electron chi connectivity index (χ1n) is 10.0. The molecule has 1 aliphatic carbocycles. The fourth-order valence-electron chi connectivity index (χ4n) is 3.09. The Morgan fingerprint density at radius 2 is 1.94 bits per heavy atom. The molecule has 2 amide bonds. The third-order valence-corrected chi connectivity index (χ3v) is 4.90. The van der Waals surface area contributed by atoms with Crippen LogP contribution >= 0.6 is 0 Å². The molecule has 9 heteroatoms. The molecular weight excluding hydrogens is 406 g/mol. The van der Waals surface area contributed by atoms with Gasteiger partial charge in [-0.2, -0.15) is 0 Å². The summed E-state index contributed by atoms with van der Waals surface area (Å²) >= 11 is 0. The van der Waals surface area contributed by atoms with Crippen LogP contribution in [0, 0.1) is 0 Å². The van der Waals surface area contributed by atoms with Crippen molar-refractivity contribution in [3.63, 3.8) is 0 Å². The van der Waals surface area contributed by atoms with E-state index in [4.69, 9.17) is 4.74 Å². The second kappa shape index (κ2) is 9.11. The molecule has 0 atom stereocenters. The normalized spacial score (nSPS) is 13.4. The number of nitrogens with zero attached hydrogens (tertiary/aromatic N) is 1. The molecule has 0 saturated heterocycles. The van der Waals surface area contributed by atoms with Crippen LogP contribution in [0.15, 0.2) is 42.5 Å². The molecule has 0 unspecified atom stereocenters. The molecule has 1 saturated carbocycles. The number of ether oxygens (including phenoxy) is 1. The molecule has 1 aromatic heterocycles. The van der Waals surface area contributed by atoms with Gasteiger partial charge in [0, 0.05) is 18.2 Å². The first kappa shape index (κ1) is 20.8. The molecule has 0 aliphatic heterocycles. The van der Waals surface area contributed by atoms with Crippen LogP contribution in [0.25, 0.3) is 11.0 Å². The number of halogens is 2. The summed E-state index contributed by atoms with van der Waals surface area (Å²) in [6.07, 6.45) is -0.0138. The van der Waals surface area contributed by atoms with E-state index in [-0.39, 0.29) is 18.4 Å². The molecule has 1 fully saturated rings. The summed E-state index contributed by atoms with van der Waals surface area (Å²) in [4.78, 5) is 30.3. The van der Waals surface area contributed by atoms with Crippen LogP contribution in [0.4, 0.5) is 8.78 Å². The highest BCUT2D eigenvalue weighted by Crippen LogP contribution is 2.21. The number of H-pyrrole nitrogens is 1. The van der Waals surface area contributed by atoms with Gasteiger partial charge in [-0.15, -0.1) is 0 Å². The van der Waals surface area contributed by atoms with Crippen molar-refractivity contribution in [2.45, 2.75) is 31.7 Å². The topological polar surface area (TPSA) is 96.1 Å². The van der Waals surface area contributed by atoms with Crippen molar-refractivity contribution in [1.82, 2.24) is 20.6 Å². The van der Waals surface area contributed by atoms with Gasteiger partial charge in [-0.25, -0.2) is 13.8 Å². The standard InChI is InChI=1S/C22H22F2N4O3/c23-20(24)21-27-17-8-3-14(11-18(17)28-21)22(30)25-10-9-13-1-6-16(7-2-13)31-12-19(29)26-15-4-5-15/h1-3,6-8,11,15,20H,4-5,9-10,12H2,(H,25,30)(H,26,29)(H,27,28). The number of fused-ring (bicyclic) bond motifs is 1. The fourth-order valence-corrected chi connectivity index (χ4v) is 3.09. The van der Waals surface area contributed by atoms with Crippen LogP contribution in [-0.4, -0.2) is 41.0 Å². The lowest BCUT2D eigenvalue weighted by Crippen LogP contribution is -2.30. The van der Waals surface area contributed by atoms with Crippen LogP contribution in [0.1, 0.15) is 41.0 Å². The van der Waals surface area contributed by atoms with Gasteiger partial charge in [-0.1, -0.05) is 12.1 Å².